The van der Waals surface area contributed by atoms with Gasteiger partial charge in [-0.15, -0.1) is 5.10 Å². The Morgan fingerprint density at radius 2 is 1.64 bits per heavy atom. The second kappa shape index (κ2) is 6.96. The summed E-state index contributed by atoms with van der Waals surface area (Å²) in [5.41, 5.74) is 8.98. The number of nitrogens with two attached hydrogens (primary N) is 1. The Bertz CT molecular complexity index is 1100. The van der Waals surface area contributed by atoms with Gasteiger partial charge in [-0.25, -0.2) is 0 Å². The van der Waals surface area contributed by atoms with Crippen molar-refractivity contribution in [1.29, 1.82) is 0 Å². The predicted octanol–water partition coefficient (Wildman–Crippen LogP) is 4.98. The highest BCUT2D eigenvalue weighted by Crippen LogP contribution is 2.37. The van der Waals surface area contributed by atoms with Crippen LogP contribution in [0.3, 0.4) is 0 Å². The quantitative estimate of drug-likeness (QED) is 0.547. The number of rotatable bonds is 4. The van der Waals surface area contributed by atoms with Crippen molar-refractivity contribution in [2.45, 2.75) is 31.7 Å². The first-order valence-electron chi connectivity index (χ1n) is 9.62. The summed E-state index contributed by atoms with van der Waals surface area (Å²) >= 11 is 0. The van der Waals surface area contributed by atoms with Crippen molar-refractivity contribution in [2.75, 3.05) is 5.73 Å². The van der Waals surface area contributed by atoms with E-state index in [1.807, 2.05) is 54.6 Å². The van der Waals surface area contributed by atoms with Crippen molar-refractivity contribution in [1.82, 2.24) is 20.0 Å². The van der Waals surface area contributed by atoms with Crippen molar-refractivity contribution >= 4 is 16.7 Å². The number of hydrogen-bond acceptors (Lipinski definition) is 5. The fourth-order valence-corrected chi connectivity index (χ4v) is 3.95. The summed E-state index contributed by atoms with van der Waals surface area (Å²) in [6.07, 6.45) is 6.53. The van der Waals surface area contributed by atoms with E-state index in [0.29, 0.717) is 11.9 Å². The zero-order valence-corrected chi connectivity index (χ0v) is 15.5. The van der Waals surface area contributed by atoms with Gasteiger partial charge in [0.05, 0.1) is 23.1 Å². The van der Waals surface area contributed by atoms with Gasteiger partial charge in [0.1, 0.15) is 17.2 Å². The van der Waals surface area contributed by atoms with E-state index in [1.165, 1.54) is 12.8 Å². The van der Waals surface area contributed by atoms with E-state index in [2.05, 4.69) is 14.9 Å². The molecule has 6 nitrogen and oxygen atoms in total. The minimum absolute atomic E-state index is 0.403. The molecular weight excluding hydrogens is 350 g/mol. The Morgan fingerprint density at radius 1 is 0.929 bits per heavy atom. The van der Waals surface area contributed by atoms with Crippen molar-refractivity contribution in [3.63, 3.8) is 0 Å². The number of nitrogen functional groups attached to an aromatic ring is 1. The molecule has 1 aliphatic carbocycles. The Balaban J connectivity index is 1.53. The molecule has 0 amide bonds. The van der Waals surface area contributed by atoms with E-state index >= 15 is 0 Å². The maximum absolute atomic E-state index is 6.19. The number of ether oxygens (including phenoxy) is 1. The van der Waals surface area contributed by atoms with Crippen molar-refractivity contribution in [3.8, 4) is 22.8 Å². The average molecular weight is 371 g/mol. The summed E-state index contributed by atoms with van der Waals surface area (Å²) in [5.74, 6) is 2.01. The van der Waals surface area contributed by atoms with Crippen LogP contribution in [0.2, 0.25) is 0 Å². The summed E-state index contributed by atoms with van der Waals surface area (Å²) in [6.45, 7) is 0. The van der Waals surface area contributed by atoms with Crippen LogP contribution in [0.5, 0.6) is 11.5 Å². The third kappa shape index (κ3) is 2.97. The SMILES string of the molecule is Nc1nncc2c1c(-c1ccc(Oc3ccccc3)cc1)nn2C1CCCC1. The Kier molecular flexibility index (Phi) is 4.16. The molecule has 1 saturated carbocycles. The lowest BCUT2D eigenvalue weighted by atomic mass is 10.1. The molecule has 0 radical (unpaired) electrons. The van der Waals surface area contributed by atoms with E-state index in [-0.39, 0.29) is 0 Å². The summed E-state index contributed by atoms with van der Waals surface area (Å²) in [5, 5.41) is 13.9. The molecule has 2 aromatic heterocycles. The number of anilines is 1. The first kappa shape index (κ1) is 16.7. The third-order valence-corrected chi connectivity index (χ3v) is 5.33. The average Bonchev–Trinajstić information content (AvgIpc) is 3.38. The van der Waals surface area contributed by atoms with Gasteiger partial charge in [-0.3, -0.25) is 4.68 Å². The summed E-state index contributed by atoms with van der Waals surface area (Å²) in [7, 11) is 0. The molecule has 0 bridgehead atoms. The Hall–Kier alpha value is -3.41. The second-order valence-corrected chi connectivity index (χ2v) is 7.16. The number of fused-ring (bicyclic) bond motifs is 1. The first-order valence-corrected chi connectivity index (χ1v) is 9.62. The van der Waals surface area contributed by atoms with Gasteiger partial charge in [0, 0.05) is 5.56 Å². The summed E-state index contributed by atoms with van der Waals surface area (Å²) < 4.78 is 7.99. The van der Waals surface area contributed by atoms with Gasteiger partial charge >= 0.3 is 0 Å². The van der Waals surface area contributed by atoms with Gasteiger partial charge < -0.3 is 10.5 Å². The van der Waals surface area contributed by atoms with Gasteiger partial charge in [0.25, 0.3) is 0 Å². The Labute approximate surface area is 163 Å². The van der Waals surface area contributed by atoms with Crippen LogP contribution in [0.4, 0.5) is 5.82 Å². The molecule has 2 N–H and O–H groups in total. The monoisotopic (exact) mass is 371 g/mol. The third-order valence-electron chi connectivity index (χ3n) is 5.33. The van der Waals surface area contributed by atoms with E-state index in [4.69, 9.17) is 15.6 Å². The van der Waals surface area contributed by atoms with Crippen LogP contribution < -0.4 is 10.5 Å². The number of benzene rings is 2. The predicted molar refractivity (Wildman–Crippen MR) is 109 cm³/mol. The zero-order valence-electron chi connectivity index (χ0n) is 15.5. The highest BCUT2D eigenvalue weighted by atomic mass is 16.5. The molecule has 0 unspecified atom stereocenters. The maximum atomic E-state index is 6.19. The van der Waals surface area contributed by atoms with Crippen molar-refractivity contribution in [2.24, 2.45) is 0 Å². The van der Waals surface area contributed by atoms with Crippen molar-refractivity contribution < 1.29 is 4.74 Å². The van der Waals surface area contributed by atoms with Crippen LogP contribution in [-0.2, 0) is 0 Å². The second-order valence-electron chi connectivity index (χ2n) is 7.16. The molecule has 0 saturated heterocycles. The lowest BCUT2D eigenvalue weighted by Crippen LogP contribution is -2.06. The highest BCUT2D eigenvalue weighted by molar-refractivity contribution is 5.99. The smallest absolute Gasteiger partial charge is 0.157 e. The molecule has 28 heavy (non-hydrogen) atoms. The molecule has 140 valence electrons. The van der Waals surface area contributed by atoms with Gasteiger partial charge in [-0.2, -0.15) is 10.2 Å². The van der Waals surface area contributed by atoms with Gasteiger partial charge in [0.2, 0.25) is 0 Å². The minimum Gasteiger partial charge on any atom is -0.457 e. The topological polar surface area (TPSA) is 78.8 Å². The number of hydrogen-bond donors (Lipinski definition) is 1. The molecule has 5 rings (SSSR count). The lowest BCUT2D eigenvalue weighted by molar-refractivity contribution is 0.481. The molecule has 2 aromatic carbocycles. The van der Waals surface area contributed by atoms with Gasteiger partial charge in [-0.1, -0.05) is 31.0 Å². The molecule has 1 aliphatic rings. The lowest BCUT2D eigenvalue weighted by Gasteiger charge is -2.10. The first-order chi connectivity index (χ1) is 13.8. The summed E-state index contributed by atoms with van der Waals surface area (Å²) in [4.78, 5) is 0. The molecule has 1 fully saturated rings. The van der Waals surface area contributed by atoms with Crippen LogP contribution >= 0.6 is 0 Å². The van der Waals surface area contributed by atoms with Crippen LogP contribution in [0, 0.1) is 0 Å². The number of aromatic nitrogens is 4. The van der Waals surface area contributed by atoms with Gasteiger partial charge in [0.15, 0.2) is 5.82 Å². The largest absolute Gasteiger partial charge is 0.457 e. The standard InChI is InChI=1S/C22H21N5O/c23-22-20-19(14-24-25-22)27(16-6-4-5-7-16)26-21(20)15-10-12-18(13-11-15)28-17-8-2-1-3-9-17/h1-3,8-14,16H,4-7H2,(H2,23,25). The molecule has 4 aromatic rings. The van der Waals surface area contributed by atoms with Crippen molar-refractivity contribution in [3.05, 3.63) is 60.8 Å². The minimum atomic E-state index is 0.403. The maximum Gasteiger partial charge on any atom is 0.157 e. The molecule has 0 spiro atoms. The zero-order chi connectivity index (χ0) is 18.9. The van der Waals surface area contributed by atoms with Crippen LogP contribution in [0.1, 0.15) is 31.7 Å². The molecular formula is C22H21N5O. The number of para-hydroxylation sites is 1. The fraction of sp³-hybridized carbons (Fsp3) is 0.227. The molecule has 0 aliphatic heterocycles. The molecule has 0 atom stereocenters. The number of nitrogens with zero attached hydrogens (tertiary/aromatic N) is 4. The Morgan fingerprint density at radius 3 is 2.39 bits per heavy atom. The van der Waals surface area contributed by atoms with Crippen LogP contribution in [0.15, 0.2) is 60.8 Å². The van der Waals surface area contributed by atoms with E-state index in [1.54, 1.807) is 6.20 Å². The summed E-state index contributed by atoms with van der Waals surface area (Å²) in [6, 6.07) is 18.1. The highest BCUT2D eigenvalue weighted by Gasteiger charge is 2.23. The molecule has 2 heterocycles. The van der Waals surface area contributed by atoms with E-state index in [0.717, 1.165) is 46.5 Å². The van der Waals surface area contributed by atoms with Gasteiger partial charge in [-0.05, 0) is 49.2 Å². The normalized spacial score (nSPS) is 14.6. The fourth-order valence-electron chi connectivity index (χ4n) is 3.95. The van der Waals surface area contributed by atoms with E-state index < -0.39 is 0 Å². The van der Waals surface area contributed by atoms with Crippen LogP contribution in [0.25, 0.3) is 22.2 Å². The molecule has 6 heteroatoms. The van der Waals surface area contributed by atoms with Crippen LogP contribution in [-0.4, -0.2) is 20.0 Å². The van der Waals surface area contributed by atoms with E-state index in [9.17, 15) is 0 Å².